The van der Waals surface area contributed by atoms with Crippen molar-refractivity contribution >= 4 is 11.8 Å². The Morgan fingerprint density at radius 3 is 2.32 bits per heavy atom. The Balaban J connectivity index is 1.40. The topological polar surface area (TPSA) is 48.4 Å². The second-order valence-corrected chi connectivity index (χ2v) is 6.98. The summed E-state index contributed by atoms with van der Waals surface area (Å²) in [6, 6.07) is 6.31. The van der Waals surface area contributed by atoms with Gasteiger partial charge in [-0.15, -0.1) is 0 Å². The number of anilines is 2. The summed E-state index contributed by atoms with van der Waals surface area (Å²) < 4.78 is 0. The molecule has 2 aromatic rings. The molecule has 0 bridgehead atoms. The smallest absolute Gasteiger partial charge is 0.227 e. The van der Waals surface area contributed by atoms with Gasteiger partial charge < -0.3 is 9.80 Å². The molecule has 2 aromatic heterocycles. The number of pyridine rings is 1. The molecule has 0 saturated carbocycles. The van der Waals surface area contributed by atoms with Crippen molar-refractivity contribution in [2.75, 3.05) is 49.1 Å². The standard InChI is InChI=1S/C19H26N6/c1-16-14-18(24-8-2-3-9-24)22-19(21-16)25-12-10-23(11-13-25)15-17-4-6-20-7-5-17/h4-7,14H,2-3,8-13,15H2,1H3. The fraction of sp³-hybridized carbons (Fsp3) is 0.526. The highest BCUT2D eigenvalue weighted by Crippen LogP contribution is 2.22. The summed E-state index contributed by atoms with van der Waals surface area (Å²) >= 11 is 0. The summed E-state index contributed by atoms with van der Waals surface area (Å²) in [4.78, 5) is 20.9. The van der Waals surface area contributed by atoms with Crippen LogP contribution in [0.1, 0.15) is 24.1 Å². The molecule has 0 N–H and O–H groups in total. The average Bonchev–Trinajstić information content (AvgIpc) is 3.17. The van der Waals surface area contributed by atoms with Crippen LogP contribution in [0.5, 0.6) is 0 Å². The molecule has 25 heavy (non-hydrogen) atoms. The Morgan fingerprint density at radius 1 is 0.880 bits per heavy atom. The van der Waals surface area contributed by atoms with E-state index in [4.69, 9.17) is 9.97 Å². The first kappa shape index (κ1) is 16.3. The molecule has 2 aliphatic rings. The maximum absolute atomic E-state index is 4.86. The van der Waals surface area contributed by atoms with Gasteiger partial charge in [0.25, 0.3) is 0 Å². The fourth-order valence-corrected chi connectivity index (χ4v) is 3.64. The van der Waals surface area contributed by atoms with Crippen LogP contribution >= 0.6 is 0 Å². The summed E-state index contributed by atoms with van der Waals surface area (Å²) in [5, 5.41) is 0. The van der Waals surface area contributed by atoms with Crippen molar-refractivity contribution in [3.63, 3.8) is 0 Å². The number of piperazine rings is 1. The second-order valence-electron chi connectivity index (χ2n) is 6.98. The Bertz CT molecular complexity index is 690. The number of rotatable bonds is 4. The summed E-state index contributed by atoms with van der Waals surface area (Å²) in [6.45, 7) is 9.35. The lowest BCUT2D eigenvalue weighted by molar-refractivity contribution is 0.248. The largest absolute Gasteiger partial charge is 0.356 e. The number of nitrogens with zero attached hydrogens (tertiary/aromatic N) is 6. The van der Waals surface area contributed by atoms with Gasteiger partial charge in [-0.05, 0) is 37.5 Å². The Labute approximate surface area is 149 Å². The van der Waals surface area contributed by atoms with Gasteiger partial charge in [0.2, 0.25) is 5.95 Å². The van der Waals surface area contributed by atoms with Crippen molar-refractivity contribution in [2.24, 2.45) is 0 Å². The minimum atomic E-state index is 0.894. The van der Waals surface area contributed by atoms with Crippen LogP contribution in [0.3, 0.4) is 0 Å². The third-order valence-electron chi connectivity index (χ3n) is 5.07. The molecular weight excluding hydrogens is 312 g/mol. The van der Waals surface area contributed by atoms with E-state index in [9.17, 15) is 0 Å². The molecule has 6 nitrogen and oxygen atoms in total. The van der Waals surface area contributed by atoms with E-state index >= 15 is 0 Å². The first-order valence-electron chi connectivity index (χ1n) is 9.25. The van der Waals surface area contributed by atoms with Crippen LogP contribution < -0.4 is 9.80 Å². The van der Waals surface area contributed by atoms with Crippen molar-refractivity contribution in [1.82, 2.24) is 19.9 Å². The predicted octanol–water partition coefficient (Wildman–Crippen LogP) is 2.10. The van der Waals surface area contributed by atoms with Crippen molar-refractivity contribution in [3.8, 4) is 0 Å². The highest BCUT2D eigenvalue weighted by molar-refractivity contribution is 5.46. The van der Waals surface area contributed by atoms with Crippen LogP contribution in [-0.4, -0.2) is 59.1 Å². The summed E-state index contributed by atoms with van der Waals surface area (Å²) in [7, 11) is 0. The molecule has 0 amide bonds. The van der Waals surface area contributed by atoms with E-state index in [2.05, 4.69) is 44.8 Å². The molecule has 2 fully saturated rings. The molecule has 2 aliphatic heterocycles. The van der Waals surface area contributed by atoms with E-state index in [1.807, 2.05) is 12.4 Å². The van der Waals surface area contributed by atoms with Gasteiger partial charge in [0.1, 0.15) is 5.82 Å². The molecule has 0 unspecified atom stereocenters. The molecule has 0 atom stereocenters. The number of aromatic nitrogens is 3. The zero-order valence-corrected chi connectivity index (χ0v) is 14.9. The molecule has 0 aliphatic carbocycles. The quantitative estimate of drug-likeness (QED) is 0.851. The lowest BCUT2D eigenvalue weighted by atomic mass is 10.2. The van der Waals surface area contributed by atoms with Crippen LogP contribution in [0.15, 0.2) is 30.6 Å². The lowest BCUT2D eigenvalue weighted by Crippen LogP contribution is -2.46. The molecule has 0 spiro atoms. The molecule has 6 heteroatoms. The third-order valence-corrected chi connectivity index (χ3v) is 5.07. The Morgan fingerprint density at radius 2 is 1.60 bits per heavy atom. The van der Waals surface area contributed by atoms with E-state index in [1.165, 1.54) is 18.4 Å². The van der Waals surface area contributed by atoms with Gasteiger partial charge in [-0.25, -0.2) is 4.98 Å². The van der Waals surface area contributed by atoms with E-state index in [0.29, 0.717) is 0 Å². The van der Waals surface area contributed by atoms with E-state index in [0.717, 1.165) is 63.3 Å². The predicted molar refractivity (Wildman–Crippen MR) is 99.9 cm³/mol. The fourth-order valence-electron chi connectivity index (χ4n) is 3.64. The SMILES string of the molecule is Cc1cc(N2CCCC2)nc(N2CCN(Cc3ccncc3)CC2)n1. The van der Waals surface area contributed by atoms with Crippen LogP contribution in [0.25, 0.3) is 0 Å². The Kier molecular flexibility index (Phi) is 4.78. The third kappa shape index (κ3) is 3.90. The summed E-state index contributed by atoms with van der Waals surface area (Å²) in [5.41, 5.74) is 2.39. The van der Waals surface area contributed by atoms with Crippen molar-refractivity contribution in [1.29, 1.82) is 0 Å². The van der Waals surface area contributed by atoms with Gasteiger partial charge in [0.05, 0.1) is 0 Å². The zero-order chi connectivity index (χ0) is 17.1. The number of aryl methyl sites for hydroxylation is 1. The van der Waals surface area contributed by atoms with E-state index in [-0.39, 0.29) is 0 Å². The molecule has 4 rings (SSSR count). The second kappa shape index (κ2) is 7.35. The normalized spacial score (nSPS) is 18.8. The summed E-state index contributed by atoms with van der Waals surface area (Å²) in [5.74, 6) is 1.99. The van der Waals surface area contributed by atoms with Crippen molar-refractivity contribution < 1.29 is 0 Å². The zero-order valence-electron chi connectivity index (χ0n) is 14.9. The maximum Gasteiger partial charge on any atom is 0.227 e. The van der Waals surface area contributed by atoms with Gasteiger partial charge in [-0.2, -0.15) is 4.98 Å². The van der Waals surface area contributed by atoms with Gasteiger partial charge in [-0.3, -0.25) is 9.88 Å². The van der Waals surface area contributed by atoms with Crippen LogP contribution in [0.4, 0.5) is 11.8 Å². The summed E-state index contributed by atoms with van der Waals surface area (Å²) in [6.07, 6.45) is 6.27. The monoisotopic (exact) mass is 338 g/mol. The Hall–Kier alpha value is -2.21. The van der Waals surface area contributed by atoms with Gasteiger partial charge >= 0.3 is 0 Å². The number of hydrogen-bond donors (Lipinski definition) is 0. The first-order chi connectivity index (χ1) is 12.3. The average molecular weight is 338 g/mol. The highest BCUT2D eigenvalue weighted by atomic mass is 15.3. The van der Waals surface area contributed by atoms with Crippen LogP contribution in [0, 0.1) is 6.92 Å². The van der Waals surface area contributed by atoms with Gasteiger partial charge in [0.15, 0.2) is 0 Å². The van der Waals surface area contributed by atoms with Gasteiger partial charge in [0, 0.05) is 70.0 Å². The van der Waals surface area contributed by atoms with E-state index in [1.54, 1.807) is 0 Å². The molecule has 2 saturated heterocycles. The van der Waals surface area contributed by atoms with Crippen LogP contribution in [-0.2, 0) is 6.54 Å². The maximum atomic E-state index is 4.86. The van der Waals surface area contributed by atoms with E-state index < -0.39 is 0 Å². The van der Waals surface area contributed by atoms with Gasteiger partial charge in [-0.1, -0.05) is 0 Å². The first-order valence-corrected chi connectivity index (χ1v) is 9.25. The highest BCUT2D eigenvalue weighted by Gasteiger charge is 2.21. The molecule has 0 aromatic carbocycles. The molecule has 4 heterocycles. The minimum absolute atomic E-state index is 0.894. The van der Waals surface area contributed by atoms with Crippen molar-refractivity contribution in [2.45, 2.75) is 26.3 Å². The molecule has 132 valence electrons. The molecule has 0 radical (unpaired) electrons. The minimum Gasteiger partial charge on any atom is -0.356 e. The lowest BCUT2D eigenvalue weighted by Gasteiger charge is -2.35. The van der Waals surface area contributed by atoms with Crippen molar-refractivity contribution in [3.05, 3.63) is 41.9 Å². The molecular formula is C19H26N6. The number of hydrogen-bond acceptors (Lipinski definition) is 6. The van der Waals surface area contributed by atoms with Crippen LogP contribution in [0.2, 0.25) is 0 Å².